The number of hydrazine groups is 1. The molecule has 4 N–H and O–H groups in total. The summed E-state index contributed by atoms with van der Waals surface area (Å²) in [5.41, 5.74) is 1.32. The zero-order valence-corrected chi connectivity index (χ0v) is 32.6. The fourth-order valence-corrected chi connectivity index (χ4v) is 8.17. The summed E-state index contributed by atoms with van der Waals surface area (Å²) >= 11 is -1.36. The predicted molar refractivity (Wildman–Crippen MR) is 200 cm³/mol. The number of alkyl halides is 2. The van der Waals surface area contributed by atoms with Crippen LogP contribution in [0.15, 0.2) is 11.6 Å². The molecule has 5 atom stereocenters. The molecule has 1 rings (SSSR count). The van der Waals surface area contributed by atoms with Crippen molar-refractivity contribution in [2.75, 3.05) is 34.7 Å². The SMILES string of the molecule is C/C=C(/C[C@@H](CNCCCN(N)[C@@H](CCC1CCCCC1)C(O)CCC(C)C)CS(=O)C(C)(C)C)C(C)C#CCI(C)Cl. The summed E-state index contributed by atoms with van der Waals surface area (Å²) in [4.78, 5) is 2.13. The number of hydrogen-bond acceptors (Lipinski definition) is 5. The van der Waals surface area contributed by atoms with Crippen LogP contribution in [0.25, 0.3) is 0 Å². The number of nitrogens with zero attached hydrogens (tertiary/aromatic N) is 1. The molecule has 1 aliphatic rings. The number of nitrogens with one attached hydrogen (secondary N) is 1. The molecule has 43 heavy (non-hydrogen) atoms. The molecule has 1 fully saturated rings. The topological polar surface area (TPSA) is 78.6 Å². The van der Waals surface area contributed by atoms with Gasteiger partial charge in [0.2, 0.25) is 0 Å². The van der Waals surface area contributed by atoms with Gasteiger partial charge in [0.25, 0.3) is 0 Å². The molecule has 0 aromatic rings. The molecule has 0 heterocycles. The first-order chi connectivity index (χ1) is 20.2. The van der Waals surface area contributed by atoms with Gasteiger partial charge >= 0.3 is 170 Å². The summed E-state index contributed by atoms with van der Waals surface area (Å²) in [5, 5.41) is 16.7. The van der Waals surface area contributed by atoms with Crippen molar-refractivity contribution in [3.8, 4) is 11.8 Å². The molecular formula is C35H67ClIN3O2S. The van der Waals surface area contributed by atoms with Gasteiger partial charge in [0.1, 0.15) is 0 Å². The van der Waals surface area contributed by atoms with E-state index in [1.165, 1.54) is 44.1 Å². The third-order valence-electron chi connectivity index (χ3n) is 8.80. The molecule has 0 radical (unpaired) electrons. The minimum atomic E-state index is -1.36. The van der Waals surface area contributed by atoms with Gasteiger partial charge in [-0.15, -0.1) is 0 Å². The van der Waals surface area contributed by atoms with Crippen LogP contribution in [0.5, 0.6) is 0 Å². The van der Waals surface area contributed by atoms with E-state index in [0.29, 0.717) is 11.7 Å². The van der Waals surface area contributed by atoms with Crippen molar-refractivity contribution >= 4 is 38.4 Å². The number of halogens is 2. The Morgan fingerprint density at radius 3 is 2.44 bits per heavy atom. The molecule has 0 aromatic carbocycles. The summed E-state index contributed by atoms with van der Waals surface area (Å²) in [6.45, 7) is 17.3. The first-order valence-electron chi connectivity index (χ1n) is 16.9. The molecule has 0 saturated heterocycles. The Kier molecular flexibility index (Phi) is 21.9. The molecular weight excluding hydrogens is 689 g/mol. The Hall–Kier alpha value is 0.310. The molecule has 3 unspecified atom stereocenters. The first-order valence-corrected chi connectivity index (χ1v) is 24.6. The fraction of sp³-hybridized carbons (Fsp3) is 0.886. The summed E-state index contributed by atoms with van der Waals surface area (Å²) < 4.78 is 13.7. The Balaban J connectivity index is 2.73. The summed E-state index contributed by atoms with van der Waals surface area (Å²) in [5.74, 6) is 15.9. The minimum absolute atomic E-state index is 0.0206. The van der Waals surface area contributed by atoms with Crippen molar-refractivity contribution < 1.29 is 9.32 Å². The molecule has 0 bridgehead atoms. The maximum absolute atomic E-state index is 13.1. The van der Waals surface area contributed by atoms with E-state index in [9.17, 15) is 9.32 Å². The summed E-state index contributed by atoms with van der Waals surface area (Å²) in [6, 6.07) is 0.0206. The number of hydrogen-bond donors (Lipinski definition) is 3. The van der Waals surface area contributed by atoms with Gasteiger partial charge in [-0.1, -0.05) is 46.0 Å². The first kappa shape index (κ1) is 41.3. The monoisotopic (exact) mass is 755 g/mol. The van der Waals surface area contributed by atoms with Crippen molar-refractivity contribution in [2.24, 2.45) is 29.5 Å². The molecule has 1 saturated carbocycles. The Morgan fingerprint density at radius 1 is 1.19 bits per heavy atom. The predicted octanol–water partition coefficient (Wildman–Crippen LogP) is 8.10. The van der Waals surface area contributed by atoms with E-state index in [1.54, 1.807) is 0 Å². The van der Waals surface area contributed by atoms with Crippen LogP contribution < -0.4 is 11.2 Å². The Bertz CT molecular complexity index is 861. The molecule has 0 spiro atoms. The molecule has 0 aliphatic heterocycles. The van der Waals surface area contributed by atoms with E-state index >= 15 is 0 Å². The molecule has 0 aromatic heterocycles. The van der Waals surface area contributed by atoms with Gasteiger partial charge < -0.3 is 5.11 Å². The summed E-state index contributed by atoms with van der Waals surface area (Å²) in [7, 11) is 5.32. The number of allylic oxidation sites excluding steroid dienone is 2. The van der Waals surface area contributed by atoms with Crippen molar-refractivity contribution in [3.05, 3.63) is 11.6 Å². The van der Waals surface area contributed by atoms with E-state index in [2.05, 4.69) is 76.6 Å². The molecule has 0 amide bonds. The quantitative estimate of drug-likeness (QED) is 0.0223. The molecule has 254 valence electrons. The van der Waals surface area contributed by atoms with E-state index < -0.39 is 29.5 Å². The van der Waals surface area contributed by atoms with Gasteiger partial charge in [0.15, 0.2) is 0 Å². The average Bonchev–Trinajstić information content (AvgIpc) is 2.94. The second-order valence-electron chi connectivity index (χ2n) is 14.2. The van der Waals surface area contributed by atoms with Crippen LogP contribution in [-0.2, 0) is 10.8 Å². The van der Waals surface area contributed by atoms with Crippen LogP contribution in [0.3, 0.4) is 0 Å². The van der Waals surface area contributed by atoms with E-state index in [4.69, 9.17) is 14.8 Å². The van der Waals surface area contributed by atoms with Gasteiger partial charge in [-0.3, -0.25) is 5.84 Å². The van der Waals surface area contributed by atoms with Crippen molar-refractivity contribution in [1.82, 2.24) is 10.3 Å². The number of aliphatic hydroxyl groups is 1. The second-order valence-corrected chi connectivity index (χ2v) is 23.4. The van der Waals surface area contributed by atoms with E-state index in [0.717, 1.165) is 62.1 Å². The molecule has 5 nitrogen and oxygen atoms in total. The molecule has 8 heteroatoms. The van der Waals surface area contributed by atoms with E-state index in [1.807, 2.05) is 5.01 Å². The third kappa shape index (κ3) is 18.9. The normalized spacial score (nSPS) is 19.1. The Labute approximate surface area is 280 Å². The van der Waals surface area contributed by atoms with Gasteiger partial charge in [-0.2, -0.15) is 0 Å². The van der Waals surface area contributed by atoms with Crippen LogP contribution in [0.1, 0.15) is 119 Å². The maximum atomic E-state index is 13.1. The second kappa shape index (κ2) is 22.8. The third-order valence-corrected chi connectivity index (χ3v) is 13.0. The zero-order valence-electron chi connectivity index (χ0n) is 28.9. The van der Waals surface area contributed by atoms with Crippen LogP contribution in [0.4, 0.5) is 0 Å². The van der Waals surface area contributed by atoms with Gasteiger partial charge in [-0.05, 0) is 37.5 Å². The van der Waals surface area contributed by atoms with Crippen LogP contribution in [-0.4, -0.2) is 66.0 Å². The van der Waals surface area contributed by atoms with Crippen molar-refractivity contribution in [1.29, 1.82) is 0 Å². The van der Waals surface area contributed by atoms with Gasteiger partial charge in [0.05, 0.1) is 12.1 Å². The van der Waals surface area contributed by atoms with Crippen LogP contribution in [0.2, 0.25) is 0 Å². The van der Waals surface area contributed by atoms with Crippen LogP contribution >= 0.6 is 27.6 Å². The number of nitrogens with two attached hydrogens (primary N) is 1. The Morgan fingerprint density at radius 2 is 1.86 bits per heavy atom. The number of rotatable bonds is 20. The summed E-state index contributed by atoms with van der Waals surface area (Å²) in [6.07, 6.45) is 14.4. The van der Waals surface area contributed by atoms with Crippen molar-refractivity contribution in [3.63, 3.8) is 0 Å². The standard InChI is InChI=1S/C35H67ClIN3O2S/c1-9-32(29(4)15-13-22-37(8)36)25-31(27-43(42)35(5,6)7)26-39-23-14-24-40(38)33(34(41)21-18-28(2)3)20-19-30-16-11-10-12-17-30/h9,28-31,33-34,39,41H,10-12,14,16-27,38H2,1-8H3/b32-9-/t29?,31-,33-,34?,43?/m0/s1. The molecule has 1 aliphatic carbocycles. The van der Waals surface area contributed by atoms with Crippen molar-refractivity contribution in [2.45, 2.75) is 136 Å². The zero-order chi connectivity index (χ0) is 32.4. The van der Waals surface area contributed by atoms with Crippen LogP contribution in [0, 0.1) is 35.5 Å². The van der Waals surface area contributed by atoms with Gasteiger partial charge in [0, 0.05) is 0 Å². The average molecular weight is 756 g/mol. The van der Waals surface area contributed by atoms with Gasteiger partial charge in [-0.25, -0.2) is 5.01 Å². The fourth-order valence-electron chi connectivity index (χ4n) is 5.93. The van der Waals surface area contributed by atoms with E-state index in [-0.39, 0.29) is 28.7 Å². The number of aliphatic hydroxyl groups excluding tert-OH is 1.